The number of nitrogens with zero attached hydrogens (tertiary/aromatic N) is 1. The average molecular weight is 305 g/mol. The van der Waals surface area contributed by atoms with E-state index in [-0.39, 0.29) is 11.9 Å². The Balaban J connectivity index is 1.62. The maximum atomic E-state index is 12.1. The Hall–Kier alpha value is -1.26. The zero-order valence-corrected chi connectivity index (χ0v) is 14.0. The summed E-state index contributed by atoms with van der Waals surface area (Å²) in [5.41, 5.74) is 1.90. The Morgan fingerprint density at radius 1 is 1.27 bits per heavy atom. The standard InChI is InChI=1S/C17H28BNO3/c1-2-3-4-5-6-11-21-17(20)14-9-7-13(8-10-14)15-12-16(18)22-19-15/h12-14H,2-11,18H2,1H3. The van der Waals surface area contributed by atoms with Gasteiger partial charge in [0.15, 0.2) is 7.85 Å². The van der Waals surface area contributed by atoms with Crippen molar-refractivity contribution in [1.82, 2.24) is 5.16 Å². The van der Waals surface area contributed by atoms with Crippen LogP contribution in [0.5, 0.6) is 0 Å². The minimum atomic E-state index is 0.00488. The largest absolute Gasteiger partial charge is 0.465 e. The molecule has 0 radical (unpaired) electrons. The highest BCUT2D eigenvalue weighted by molar-refractivity contribution is 6.29. The first kappa shape index (κ1) is 17.1. The molecule has 0 bridgehead atoms. The molecule has 22 heavy (non-hydrogen) atoms. The van der Waals surface area contributed by atoms with Gasteiger partial charge in [0.25, 0.3) is 0 Å². The van der Waals surface area contributed by atoms with Crippen LogP contribution in [0.3, 0.4) is 0 Å². The number of hydrogen-bond acceptors (Lipinski definition) is 4. The van der Waals surface area contributed by atoms with E-state index in [1.165, 1.54) is 25.7 Å². The van der Waals surface area contributed by atoms with Gasteiger partial charge < -0.3 is 9.26 Å². The summed E-state index contributed by atoms with van der Waals surface area (Å²) >= 11 is 0. The van der Waals surface area contributed by atoms with Crippen molar-refractivity contribution in [3.63, 3.8) is 0 Å². The monoisotopic (exact) mass is 305 g/mol. The average Bonchev–Trinajstić information content (AvgIpc) is 2.97. The van der Waals surface area contributed by atoms with E-state index >= 15 is 0 Å². The molecule has 4 nitrogen and oxygen atoms in total. The lowest BCUT2D eigenvalue weighted by Gasteiger charge is -2.25. The summed E-state index contributed by atoms with van der Waals surface area (Å²) in [6.07, 6.45) is 9.75. The minimum Gasteiger partial charge on any atom is -0.465 e. The number of rotatable bonds is 8. The highest BCUT2D eigenvalue weighted by atomic mass is 16.5. The highest BCUT2D eigenvalue weighted by Gasteiger charge is 2.29. The van der Waals surface area contributed by atoms with Gasteiger partial charge >= 0.3 is 5.97 Å². The van der Waals surface area contributed by atoms with Crippen LogP contribution in [0.4, 0.5) is 0 Å². The number of carbonyl (C=O) groups excluding carboxylic acids is 1. The van der Waals surface area contributed by atoms with Crippen molar-refractivity contribution < 1.29 is 14.1 Å². The molecule has 0 spiro atoms. The third-order valence-corrected chi connectivity index (χ3v) is 4.62. The molecule has 0 saturated heterocycles. The second kappa shape index (κ2) is 9.01. The zero-order valence-electron chi connectivity index (χ0n) is 14.0. The Morgan fingerprint density at radius 2 is 2.00 bits per heavy atom. The maximum absolute atomic E-state index is 12.1. The van der Waals surface area contributed by atoms with Gasteiger partial charge in [-0.05, 0) is 38.2 Å². The number of unbranched alkanes of at least 4 members (excludes halogenated alkanes) is 4. The van der Waals surface area contributed by atoms with Crippen molar-refractivity contribution in [2.24, 2.45) is 5.92 Å². The summed E-state index contributed by atoms with van der Waals surface area (Å²) in [7, 11) is 1.92. The summed E-state index contributed by atoms with van der Waals surface area (Å²) in [5.74, 6) is 0.528. The second-order valence-corrected chi connectivity index (χ2v) is 6.49. The molecular formula is C17H28BNO3. The summed E-state index contributed by atoms with van der Waals surface area (Å²) in [4.78, 5) is 12.1. The second-order valence-electron chi connectivity index (χ2n) is 6.49. The zero-order chi connectivity index (χ0) is 15.8. The topological polar surface area (TPSA) is 52.3 Å². The van der Waals surface area contributed by atoms with Crippen molar-refractivity contribution in [2.75, 3.05) is 6.61 Å². The molecule has 0 unspecified atom stereocenters. The SMILES string of the molecule is Bc1cc(C2CCC(C(=O)OCCCCCCC)CC2)no1. The molecule has 0 N–H and O–H groups in total. The molecule has 1 saturated carbocycles. The van der Waals surface area contributed by atoms with Crippen LogP contribution < -0.4 is 5.66 Å². The number of ether oxygens (including phenoxy) is 1. The molecule has 1 aliphatic carbocycles. The van der Waals surface area contributed by atoms with E-state index in [1.54, 1.807) is 0 Å². The Bertz CT molecular complexity index is 453. The number of carbonyl (C=O) groups is 1. The first-order valence-electron chi connectivity index (χ1n) is 8.80. The predicted octanol–water partition coefficient (Wildman–Crippen LogP) is 2.72. The van der Waals surface area contributed by atoms with Gasteiger partial charge in [-0.2, -0.15) is 0 Å². The third kappa shape index (κ3) is 5.18. The van der Waals surface area contributed by atoms with Crippen LogP contribution in [-0.4, -0.2) is 25.6 Å². The summed E-state index contributed by atoms with van der Waals surface area (Å²) in [6, 6.07) is 2.01. The van der Waals surface area contributed by atoms with E-state index in [2.05, 4.69) is 12.1 Å². The van der Waals surface area contributed by atoms with Gasteiger partial charge in [0.1, 0.15) is 0 Å². The van der Waals surface area contributed by atoms with E-state index in [1.807, 2.05) is 13.9 Å². The fourth-order valence-electron chi connectivity index (χ4n) is 3.20. The first-order chi connectivity index (χ1) is 10.7. The van der Waals surface area contributed by atoms with Crippen LogP contribution in [0, 0.1) is 5.92 Å². The van der Waals surface area contributed by atoms with Crippen molar-refractivity contribution in [1.29, 1.82) is 0 Å². The maximum Gasteiger partial charge on any atom is 0.308 e. The van der Waals surface area contributed by atoms with Crippen LogP contribution in [0.2, 0.25) is 0 Å². The van der Waals surface area contributed by atoms with E-state index in [9.17, 15) is 4.79 Å². The van der Waals surface area contributed by atoms with Crippen molar-refractivity contribution in [2.45, 2.75) is 70.6 Å². The molecule has 0 amide bonds. The van der Waals surface area contributed by atoms with Crippen molar-refractivity contribution in [3.05, 3.63) is 11.8 Å². The molecule has 0 aliphatic heterocycles. The molecular weight excluding hydrogens is 277 g/mol. The van der Waals surface area contributed by atoms with Crippen molar-refractivity contribution >= 4 is 19.5 Å². The Morgan fingerprint density at radius 3 is 2.64 bits per heavy atom. The van der Waals surface area contributed by atoms with Crippen LogP contribution >= 0.6 is 0 Å². The van der Waals surface area contributed by atoms with Crippen LogP contribution in [-0.2, 0) is 9.53 Å². The normalized spacial score (nSPS) is 21.7. The highest BCUT2D eigenvalue weighted by Crippen LogP contribution is 2.35. The van der Waals surface area contributed by atoms with Gasteiger partial charge in [-0.15, -0.1) is 0 Å². The van der Waals surface area contributed by atoms with E-state index in [4.69, 9.17) is 9.26 Å². The fourth-order valence-corrected chi connectivity index (χ4v) is 3.20. The van der Waals surface area contributed by atoms with Crippen LogP contribution in [0.1, 0.15) is 76.3 Å². The minimum absolute atomic E-state index is 0.00488. The Labute approximate surface area is 134 Å². The molecule has 0 atom stereocenters. The number of esters is 1. The number of hydrogen-bond donors (Lipinski definition) is 0. The van der Waals surface area contributed by atoms with Gasteiger partial charge in [-0.25, -0.2) is 0 Å². The molecule has 122 valence electrons. The van der Waals surface area contributed by atoms with Gasteiger partial charge in [0.05, 0.1) is 23.9 Å². The first-order valence-corrected chi connectivity index (χ1v) is 8.80. The van der Waals surface area contributed by atoms with Crippen LogP contribution in [0.25, 0.3) is 0 Å². The lowest BCUT2D eigenvalue weighted by molar-refractivity contribution is -0.149. The smallest absolute Gasteiger partial charge is 0.308 e. The quantitative estimate of drug-likeness (QED) is 0.421. The van der Waals surface area contributed by atoms with Gasteiger partial charge in [-0.1, -0.05) is 37.8 Å². The molecule has 1 heterocycles. The molecule has 1 aromatic heterocycles. The van der Waals surface area contributed by atoms with Crippen LogP contribution in [0.15, 0.2) is 10.6 Å². The van der Waals surface area contributed by atoms with Gasteiger partial charge in [0.2, 0.25) is 0 Å². The fraction of sp³-hybridized carbons (Fsp3) is 0.765. The van der Waals surface area contributed by atoms with Gasteiger partial charge in [0, 0.05) is 5.92 Å². The molecule has 2 rings (SSSR count). The summed E-state index contributed by atoms with van der Waals surface area (Å²) < 4.78 is 10.6. The van der Waals surface area contributed by atoms with E-state index in [0.29, 0.717) is 12.5 Å². The molecule has 5 heteroatoms. The molecule has 1 fully saturated rings. The lowest BCUT2D eigenvalue weighted by Crippen LogP contribution is -2.23. The molecule has 1 aliphatic rings. The van der Waals surface area contributed by atoms with E-state index in [0.717, 1.165) is 43.5 Å². The van der Waals surface area contributed by atoms with E-state index < -0.39 is 0 Å². The molecule has 1 aromatic rings. The predicted molar refractivity (Wildman–Crippen MR) is 89.1 cm³/mol. The number of aromatic nitrogens is 1. The third-order valence-electron chi connectivity index (χ3n) is 4.62. The Kier molecular flexibility index (Phi) is 7.01. The van der Waals surface area contributed by atoms with Crippen molar-refractivity contribution in [3.8, 4) is 0 Å². The lowest BCUT2D eigenvalue weighted by atomic mass is 9.80. The summed E-state index contributed by atoms with van der Waals surface area (Å²) in [6.45, 7) is 2.79. The molecule has 0 aromatic carbocycles. The summed E-state index contributed by atoms with van der Waals surface area (Å²) in [5, 5.41) is 4.10. The van der Waals surface area contributed by atoms with Gasteiger partial charge in [-0.3, -0.25) is 4.79 Å².